The number of hydrogen-bond acceptors (Lipinski definition) is 3. The molecule has 2 aromatic carbocycles. The molecule has 2 heterocycles. The number of nitrogens with zero attached hydrogens (tertiary/aromatic N) is 1. The van der Waals surface area contributed by atoms with Gasteiger partial charge in [0.1, 0.15) is 0 Å². The van der Waals surface area contributed by atoms with E-state index in [9.17, 15) is 4.79 Å². The van der Waals surface area contributed by atoms with Gasteiger partial charge in [0.05, 0.1) is 16.8 Å². The SMILES string of the molecule is Cc1ccc(NC(=O)c2cc(-c3ccsc3)nc3ccccc23)cc1C. The molecule has 0 saturated carbocycles. The molecule has 0 spiro atoms. The summed E-state index contributed by atoms with van der Waals surface area (Å²) in [5.41, 5.74) is 6.46. The topological polar surface area (TPSA) is 42.0 Å². The van der Waals surface area contributed by atoms with Crippen LogP contribution in [0, 0.1) is 13.8 Å². The lowest BCUT2D eigenvalue weighted by atomic mass is 10.0. The van der Waals surface area contributed by atoms with Crippen LogP contribution in [0.3, 0.4) is 0 Å². The highest BCUT2D eigenvalue weighted by Gasteiger charge is 2.14. The number of carbonyl (C=O) groups is 1. The lowest BCUT2D eigenvalue weighted by Gasteiger charge is -2.11. The highest BCUT2D eigenvalue weighted by atomic mass is 32.1. The normalized spacial score (nSPS) is 10.8. The molecule has 4 heteroatoms. The highest BCUT2D eigenvalue weighted by Crippen LogP contribution is 2.27. The zero-order valence-corrected chi connectivity index (χ0v) is 15.4. The van der Waals surface area contributed by atoms with Gasteiger partial charge in [0.15, 0.2) is 0 Å². The minimum atomic E-state index is -0.122. The Balaban J connectivity index is 1.78. The van der Waals surface area contributed by atoms with Gasteiger partial charge in [-0.2, -0.15) is 11.3 Å². The fourth-order valence-corrected chi connectivity index (χ4v) is 3.59. The smallest absolute Gasteiger partial charge is 0.256 e. The van der Waals surface area contributed by atoms with Crippen LogP contribution in [0.25, 0.3) is 22.2 Å². The molecule has 1 N–H and O–H groups in total. The molecule has 4 aromatic rings. The summed E-state index contributed by atoms with van der Waals surface area (Å²) < 4.78 is 0. The van der Waals surface area contributed by atoms with Gasteiger partial charge < -0.3 is 5.32 Å². The van der Waals surface area contributed by atoms with Crippen molar-refractivity contribution in [1.82, 2.24) is 4.98 Å². The summed E-state index contributed by atoms with van der Waals surface area (Å²) in [7, 11) is 0. The molecule has 0 aliphatic carbocycles. The van der Waals surface area contributed by atoms with Crippen LogP contribution in [-0.4, -0.2) is 10.9 Å². The monoisotopic (exact) mass is 358 g/mol. The summed E-state index contributed by atoms with van der Waals surface area (Å²) in [4.78, 5) is 17.7. The fraction of sp³-hybridized carbons (Fsp3) is 0.0909. The van der Waals surface area contributed by atoms with Crippen LogP contribution in [0.4, 0.5) is 5.69 Å². The Morgan fingerprint density at radius 2 is 1.85 bits per heavy atom. The fourth-order valence-electron chi connectivity index (χ4n) is 2.94. The minimum absolute atomic E-state index is 0.122. The second kappa shape index (κ2) is 6.73. The van der Waals surface area contributed by atoms with Gasteiger partial charge in [-0.3, -0.25) is 4.79 Å². The van der Waals surface area contributed by atoms with Gasteiger partial charge in [-0.1, -0.05) is 24.3 Å². The minimum Gasteiger partial charge on any atom is -0.322 e. The van der Waals surface area contributed by atoms with E-state index in [4.69, 9.17) is 4.98 Å². The second-order valence-electron chi connectivity index (χ2n) is 6.34. The van der Waals surface area contributed by atoms with E-state index in [0.29, 0.717) is 5.56 Å². The third-order valence-electron chi connectivity index (χ3n) is 4.54. The Morgan fingerprint density at radius 3 is 2.62 bits per heavy atom. The molecule has 0 saturated heterocycles. The molecular weight excluding hydrogens is 340 g/mol. The number of amides is 1. The van der Waals surface area contributed by atoms with Gasteiger partial charge in [0.2, 0.25) is 0 Å². The van der Waals surface area contributed by atoms with E-state index in [1.165, 1.54) is 5.56 Å². The number of thiophene rings is 1. The molecule has 0 aliphatic rings. The maximum atomic E-state index is 13.0. The number of para-hydroxylation sites is 1. The first-order chi connectivity index (χ1) is 12.6. The molecule has 128 valence electrons. The van der Waals surface area contributed by atoms with Crippen molar-refractivity contribution in [2.75, 3.05) is 5.32 Å². The van der Waals surface area contributed by atoms with Crippen molar-refractivity contribution in [3.63, 3.8) is 0 Å². The number of aryl methyl sites for hydroxylation is 2. The predicted octanol–water partition coefficient (Wildman–Crippen LogP) is 5.83. The third-order valence-corrected chi connectivity index (χ3v) is 5.23. The lowest BCUT2D eigenvalue weighted by molar-refractivity contribution is 0.102. The average Bonchev–Trinajstić information content (AvgIpc) is 3.18. The molecule has 0 fully saturated rings. The van der Waals surface area contributed by atoms with Gasteiger partial charge in [-0.15, -0.1) is 0 Å². The Bertz CT molecular complexity index is 1100. The number of hydrogen-bond donors (Lipinski definition) is 1. The lowest BCUT2D eigenvalue weighted by Crippen LogP contribution is -2.13. The van der Waals surface area contributed by atoms with E-state index >= 15 is 0 Å². The number of rotatable bonds is 3. The molecule has 0 radical (unpaired) electrons. The van der Waals surface area contributed by atoms with E-state index in [1.54, 1.807) is 11.3 Å². The first-order valence-corrected chi connectivity index (χ1v) is 9.37. The molecule has 4 rings (SSSR count). The van der Waals surface area contributed by atoms with Crippen molar-refractivity contribution in [3.8, 4) is 11.3 Å². The molecule has 0 unspecified atom stereocenters. The molecule has 3 nitrogen and oxygen atoms in total. The van der Waals surface area contributed by atoms with Crippen LogP contribution < -0.4 is 5.32 Å². The zero-order valence-electron chi connectivity index (χ0n) is 14.6. The van der Waals surface area contributed by atoms with Crippen molar-refractivity contribution < 1.29 is 4.79 Å². The van der Waals surface area contributed by atoms with E-state index < -0.39 is 0 Å². The van der Waals surface area contributed by atoms with Crippen LogP contribution >= 0.6 is 11.3 Å². The number of fused-ring (bicyclic) bond motifs is 1. The van der Waals surface area contributed by atoms with E-state index in [2.05, 4.69) is 12.2 Å². The van der Waals surface area contributed by atoms with E-state index in [-0.39, 0.29) is 5.91 Å². The maximum absolute atomic E-state index is 13.0. The number of benzene rings is 2. The molecule has 0 atom stereocenters. The van der Waals surface area contributed by atoms with Gasteiger partial charge in [-0.05, 0) is 60.7 Å². The van der Waals surface area contributed by atoms with Crippen molar-refractivity contribution in [2.24, 2.45) is 0 Å². The van der Waals surface area contributed by atoms with Crippen molar-refractivity contribution in [2.45, 2.75) is 13.8 Å². The Labute approximate surface area is 156 Å². The van der Waals surface area contributed by atoms with Gasteiger partial charge in [-0.25, -0.2) is 4.98 Å². The maximum Gasteiger partial charge on any atom is 0.256 e. The number of carbonyl (C=O) groups excluding carboxylic acids is 1. The van der Waals surface area contributed by atoms with Crippen molar-refractivity contribution >= 4 is 33.8 Å². The predicted molar refractivity (Wildman–Crippen MR) is 109 cm³/mol. The van der Waals surface area contributed by atoms with Crippen molar-refractivity contribution in [1.29, 1.82) is 0 Å². The average molecular weight is 358 g/mol. The number of aromatic nitrogens is 1. The highest BCUT2D eigenvalue weighted by molar-refractivity contribution is 7.08. The van der Waals surface area contributed by atoms with Crippen molar-refractivity contribution in [3.05, 3.63) is 82.0 Å². The van der Waals surface area contributed by atoms with Crippen LogP contribution in [0.2, 0.25) is 0 Å². The quantitative estimate of drug-likeness (QED) is 0.500. The summed E-state index contributed by atoms with van der Waals surface area (Å²) in [6.45, 7) is 4.10. The van der Waals surface area contributed by atoms with Crippen LogP contribution in [0.5, 0.6) is 0 Å². The van der Waals surface area contributed by atoms with Crippen LogP contribution in [-0.2, 0) is 0 Å². The van der Waals surface area contributed by atoms with E-state index in [0.717, 1.165) is 33.4 Å². The first kappa shape index (κ1) is 16.5. The second-order valence-corrected chi connectivity index (χ2v) is 7.12. The van der Waals surface area contributed by atoms with Gasteiger partial charge in [0.25, 0.3) is 5.91 Å². The Kier molecular flexibility index (Phi) is 4.27. The van der Waals surface area contributed by atoms with Crippen LogP contribution in [0.1, 0.15) is 21.5 Å². The molecule has 26 heavy (non-hydrogen) atoms. The number of nitrogens with one attached hydrogen (secondary N) is 1. The molecular formula is C22H18N2OS. The zero-order chi connectivity index (χ0) is 18.1. The number of anilines is 1. The standard InChI is InChI=1S/C22H18N2OS/c1-14-7-8-17(11-15(14)2)23-22(25)19-12-21(16-9-10-26-13-16)24-20-6-4-3-5-18(19)20/h3-13H,1-2H3,(H,23,25). The molecule has 1 amide bonds. The molecule has 0 aliphatic heterocycles. The summed E-state index contributed by atoms with van der Waals surface area (Å²) in [6, 6.07) is 17.6. The van der Waals surface area contributed by atoms with E-state index in [1.807, 2.05) is 72.3 Å². The summed E-state index contributed by atoms with van der Waals surface area (Å²) in [5.74, 6) is -0.122. The molecule has 0 bridgehead atoms. The molecule has 2 aromatic heterocycles. The van der Waals surface area contributed by atoms with Crippen LogP contribution in [0.15, 0.2) is 65.4 Å². The Morgan fingerprint density at radius 1 is 1.00 bits per heavy atom. The summed E-state index contributed by atoms with van der Waals surface area (Å²) in [5, 5.41) is 7.94. The number of pyridine rings is 1. The summed E-state index contributed by atoms with van der Waals surface area (Å²) >= 11 is 1.62. The van der Waals surface area contributed by atoms with Gasteiger partial charge in [0, 0.05) is 22.0 Å². The first-order valence-electron chi connectivity index (χ1n) is 8.43. The largest absolute Gasteiger partial charge is 0.322 e. The Hall–Kier alpha value is -2.98. The van der Waals surface area contributed by atoms with Gasteiger partial charge >= 0.3 is 0 Å². The summed E-state index contributed by atoms with van der Waals surface area (Å²) in [6.07, 6.45) is 0. The third kappa shape index (κ3) is 3.11.